The Morgan fingerprint density at radius 2 is 2.42 bits per heavy atom. The molecule has 0 saturated carbocycles. The Bertz CT molecular complexity index is 176. The summed E-state index contributed by atoms with van der Waals surface area (Å²) in [6, 6.07) is 0.986. The maximum absolute atomic E-state index is 8.46. The van der Waals surface area contributed by atoms with Gasteiger partial charge in [-0.1, -0.05) is 0 Å². The van der Waals surface area contributed by atoms with Crippen molar-refractivity contribution >= 4 is 0 Å². The molecule has 0 amide bonds. The van der Waals surface area contributed by atoms with Crippen molar-refractivity contribution in [3.8, 4) is 6.19 Å². The summed E-state index contributed by atoms with van der Waals surface area (Å²) in [4.78, 5) is 2.42. The number of hydrogen-bond donors (Lipinski definition) is 1. The number of rotatable bonds is 2. The van der Waals surface area contributed by atoms with E-state index < -0.39 is 0 Å². The first-order valence-corrected chi connectivity index (χ1v) is 4.62. The Hall–Kier alpha value is -0.750. The van der Waals surface area contributed by atoms with E-state index in [-0.39, 0.29) is 1.43 Å². The molecule has 3 nitrogen and oxygen atoms in total. The van der Waals surface area contributed by atoms with Crippen molar-refractivity contribution < 1.29 is 1.43 Å². The molecule has 1 fully saturated rings. The van der Waals surface area contributed by atoms with Crippen LogP contribution in [-0.2, 0) is 0 Å². The highest BCUT2D eigenvalue weighted by Crippen LogP contribution is 2.12. The molecule has 1 heterocycles. The number of nitrogens with one attached hydrogen (secondary N) is 1. The SMILES string of the molecule is CC(C)N1CCCC(NC#N)C1.[HH]. The van der Waals surface area contributed by atoms with Gasteiger partial charge in [-0.15, -0.1) is 0 Å². The van der Waals surface area contributed by atoms with Gasteiger partial charge < -0.3 is 5.32 Å². The molecule has 0 radical (unpaired) electrons. The summed E-state index contributed by atoms with van der Waals surface area (Å²) in [7, 11) is 0. The lowest BCUT2D eigenvalue weighted by Gasteiger charge is -2.34. The molecule has 70 valence electrons. The highest BCUT2D eigenvalue weighted by molar-refractivity contribution is 4.84. The van der Waals surface area contributed by atoms with Crippen LogP contribution in [0, 0.1) is 11.5 Å². The third kappa shape index (κ3) is 2.38. The summed E-state index contributed by atoms with van der Waals surface area (Å²) in [5.74, 6) is 0. The lowest BCUT2D eigenvalue weighted by molar-refractivity contribution is 0.161. The summed E-state index contributed by atoms with van der Waals surface area (Å²) in [5.41, 5.74) is 0. The van der Waals surface area contributed by atoms with Crippen molar-refractivity contribution in [2.75, 3.05) is 13.1 Å². The van der Waals surface area contributed by atoms with Gasteiger partial charge in [0.1, 0.15) is 0 Å². The first kappa shape index (κ1) is 9.34. The average molecular weight is 169 g/mol. The van der Waals surface area contributed by atoms with E-state index in [4.69, 9.17) is 5.26 Å². The Kier molecular flexibility index (Phi) is 3.36. The van der Waals surface area contributed by atoms with Crippen molar-refractivity contribution in [3.05, 3.63) is 0 Å². The minimum absolute atomic E-state index is 0. The summed E-state index contributed by atoms with van der Waals surface area (Å²) >= 11 is 0. The normalized spacial score (nSPS) is 25.3. The highest BCUT2D eigenvalue weighted by atomic mass is 15.2. The molecule has 0 aromatic carbocycles. The largest absolute Gasteiger partial charge is 0.319 e. The molecule has 1 aliphatic rings. The summed E-state index contributed by atoms with van der Waals surface area (Å²) < 4.78 is 0. The quantitative estimate of drug-likeness (QED) is 0.498. The Morgan fingerprint density at radius 1 is 1.67 bits per heavy atom. The van der Waals surface area contributed by atoms with Crippen LogP contribution in [0.5, 0.6) is 0 Å². The van der Waals surface area contributed by atoms with E-state index in [2.05, 4.69) is 24.1 Å². The molecule has 0 aromatic heterocycles. The monoisotopic (exact) mass is 169 g/mol. The topological polar surface area (TPSA) is 39.1 Å². The van der Waals surface area contributed by atoms with Gasteiger partial charge in [-0.2, -0.15) is 5.26 Å². The zero-order valence-electron chi connectivity index (χ0n) is 7.88. The first-order chi connectivity index (χ1) is 5.74. The molecule has 1 unspecified atom stereocenters. The lowest BCUT2D eigenvalue weighted by atomic mass is 10.0. The molecule has 0 bridgehead atoms. The number of piperidine rings is 1. The molecule has 1 saturated heterocycles. The van der Waals surface area contributed by atoms with Crippen molar-refractivity contribution in [2.24, 2.45) is 0 Å². The molecule has 3 heteroatoms. The number of nitriles is 1. The number of nitrogens with zero attached hydrogens (tertiary/aromatic N) is 2. The van der Waals surface area contributed by atoms with Crippen molar-refractivity contribution in [1.29, 1.82) is 5.26 Å². The van der Waals surface area contributed by atoms with E-state index in [9.17, 15) is 0 Å². The van der Waals surface area contributed by atoms with Gasteiger partial charge >= 0.3 is 0 Å². The van der Waals surface area contributed by atoms with Crippen molar-refractivity contribution in [2.45, 2.75) is 38.8 Å². The van der Waals surface area contributed by atoms with Crippen LogP contribution >= 0.6 is 0 Å². The predicted octanol–water partition coefficient (Wildman–Crippen LogP) is 1.18. The zero-order chi connectivity index (χ0) is 8.97. The molecule has 1 aliphatic heterocycles. The van der Waals surface area contributed by atoms with E-state index in [0.717, 1.165) is 13.0 Å². The molecule has 0 aliphatic carbocycles. The van der Waals surface area contributed by atoms with Gasteiger partial charge in [0.15, 0.2) is 6.19 Å². The van der Waals surface area contributed by atoms with Crippen LogP contribution < -0.4 is 5.32 Å². The first-order valence-electron chi connectivity index (χ1n) is 4.62. The van der Waals surface area contributed by atoms with E-state index in [1.165, 1.54) is 13.0 Å². The van der Waals surface area contributed by atoms with Crippen LogP contribution in [0.4, 0.5) is 0 Å². The van der Waals surface area contributed by atoms with Crippen LogP contribution in [0.15, 0.2) is 0 Å². The highest BCUT2D eigenvalue weighted by Gasteiger charge is 2.20. The predicted molar refractivity (Wildman–Crippen MR) is 50.6 cm³/mol. The molecular formula is C9H19N3. The maximum Gasteiger partial charge on any atom is 0.176 e. The van der Waals surface area contributed by atoms with Gasteiger partial charge in [-0.25, -0.2) is 0 Å². The second-order valence-electron chi connectivity index (χ2n) is 3.68. The molecule has 12 heavy (non-hydrogen) atoms. The molecular weight excluding hydrogens is 150 g/mol. The minimum atomic E-state index is 0. The van der Waals surface area contributed by atoms with Crippen LogP contribution in [0.2, 0.25) is 0 Å². The Morgan fingerprint density at radius 3 is 3.00 bits per heavy atom. The minimum Gasteiger partial charge on any atom is -0.319 e. The average Bonchev–Trinajstić information content (AvgIpc) is 2.05. The second-order valence-corrected chi connectivity index (χ2v) is 3.68. The van der Waals surface area contributed by atoms with Crippen molar-refractivity contribution in [3.63, 3.8) is 0 Å². The van der Waals surface area contributed by atoms with E-state index in [1.54, 1.807) is 0 Å². The summed E-state index contributed by atoms with van der Waals surface area (Å²) in [6.07, 6.45) is 4.36. The molecule has 1 rings (SSSR count). The maximum atomic E-state index is 8.46. The fourth-order valence-electron chi connectivity index (χ4n) is 1.68. The zero-order valence-corrected chi connectivity index (χ0v) is 7.88. The Balaban J connectivity index is 0.00000144. The summed E-state index contributed by atoms with van der Waals surface area (Å²) in [6.45, 7) is 6.61. The van der Waals surface area contributed by atoms with E-state index in [1.807, 2.05) is 6.19 Å². The third-order valence-electron chi connectivity index (χ3n) is 2.45. The molecule has 1 atom stereocenters. The molecule has 0 spiro atoms. The summed E-state index contributed by atoms with van der Waals surface area (Å²) in [5, 5.41) is 11.3. The van der Waals surface area contributed by atoms with Gasteiger partial charge in [-0.05, 0) is 33.2 Å². The number of likely N-dealkylation sites (tertiary alicyclic amines) is 1. The standard InChI is InChI=1S/C9H17N3.H2/c1-8(2)12-5-3-4-9(6-12)11-7-10;/h8-9,11H,3-6H2,1-2H3;1H. The van der Waals surface area contributed by atoms with E-state index >= 15 is 0 Å². The van der Waals surface area contributed by atoms with Gasteiger partial charge in [0.05, 0.1) is 0 Å². The van der Waals surface area contributed by atoms with Crippen LogP contribution in [-0.4, -0.2) is 30.1 Å². The fourth-order valence-corrected chi connectivity index (χ4v) is 1.68. The van der Waals surface area contributed by atoms with Crippen LogP contribution in [0.3, 0.4) is 0 Å². The van der Waals surface area contributed by atoms with Gasteiger partial charge in [0.2, 0.25) is 0 Å². The van der Waals surface area contributed by atoms with Gasteiger partial charge in [0.25, 0.3) is 0 Å². The van der Waals surface area contributed by atoms with Crippen LogP contribution in [0.25, 0.3) is 0 Å². The van der Waals surface area contributed by atoms with E-state index in [0.29, 0.717) is 12.1 Å². The molecule has 0 aromatic rings. The molecule has 1 N–H and O–H groups in total. The third-order valence-corrected chi connectivity index (χ3v) is 2.45. The lowest BCUT2D eigenvalue weighted by Crippen LogP contribution is -2.46. The number of hydrogen-bond acceptors (Lipinski definition) is 3. The Labute approximate surface area is 75.8 Å². The van der Waals surface area contributed by atoms with Gasteiger partial charge in [-0.3, -0.25) is 4.90 Å². The fraction of sp³-hybridized carbons (Fsp3) is 0.889. The second kappa shape index (κ2) is 4.32. The van der Waals surface area contributed by atoms with Crippen molar-refractivity contribution in [1.82, 2.24) is 10.2 Å². The van der Waals surface area contributed by atoms with Crippen LogP contribution in [0.1, 0.15) is 28.1 Å². The smallest absolute Gasteiger partial charge is 0.176 e. The van der Waals surface area contributed by atoms with Gasteiger partial charge in [0, 0.05) is 20.1 Å².